The molecule has 1 rings (SSSR count). The number of carbonyl (C=O) groups is 1. The van der Waals surface area contributed by atoms with Crippen LogP contribution in [-0.2, 0) is 10.0 Å². The van der Waals surface area contributed by atoms with Crippen molar-refractivity contribution in [3.05, 3.63) is 23.3 Å². The van der Waals surface area contributed by atoms with Gasteiger partial charge in [0.25, 0.3) is 0 Å². The number of hydrogen-bond acceptors (Lipinski definition) is 4. The number of rotatable bonds is 7. The average molecular weight is 311 g/mol. The lowest BCUT2D eigenvalue weighted by atomic mass is 10.1. The molecule has 1 aromatic carbocycles. The highest BCUT2D eigenvalue weighted by Crippen LogP contribution is 2.25. The summed E-state index contributed by atoms with van der Waals surface area (Å²) >= 11 is 0. The van der Waals surface area contributed by atoms with Gasteiger partial charge in [-0.2, -0.15) is 0 Å². The molecule has 0 saturated carbocycles. The van der Waals surface area contributed by atoms with Gasteiger partial charge in [-0.05, 0) is 37.5 Å². The molecule has 0 heterocycles. The third kappa shape index (κ3) is 4.48. The van der Waals surface area contributed by atoms with E-state index in [2.05, 4.69) is 10.6 Å². The lowest BCUT2D eigenvalue weighted by Gasteiger charge is -2.11. The molecular weight excluding hydrogens is 294 g/mol. The molecule has 3 N–H and O–H groups in total. The van der Waals surface area contributed by atoms with Gasteiger partial charge < -0.3 is 10.2 Å². The van der Waals surface area contributed by atoms with Crippen LogP contribution in [0.15, 0.2) is 17.0 Å². The van der Waals surface area contributed by atoms with E-state index in [9.17, 15) is 18.3 Å². The molecule has 0 aromatic heterocycles. The van der Waals surface area contributed by atoms with E-state index in [1.165, 1.54) is 6.92 Å². The van der Waals surface area contributed by atoms with Gasteiger partial charge in [-0.3, -0.25) is 0 Å². The fraction of sp³-hybridized carbons (Fsp3) is 0.357. The number of terminal acetylenes is 1. The maximum atomic E-state index is 12.1. The number of benzene rings is 1. The van der Waals surface area contributed by atoms with E-state index >= 15 is 0 Å². The largest absolute Gasteiger partial charge is 0.507 e. The maximum Gasteiger partial charge on any atom is 0.339 e. The molecule has 0 spiro atoms. The lowest BCUT2D eigenvalue weighted by Crippen LogP contribution is -2.25. The van der Waals surface area contributed by atoms with Crippen LogP contribution in [0, 0.1) is 19.3 Å². The standard InChI is InChI=1S/C14H17NO5S/c1-3-4-5-6-7-15-21(19,20)13-9-11(14(17)18)12(16)8-10(13)2/h1,8-9,15-16H,4-7H2,2H3,(H,17,18). The highest BCUT2D eigenvalue weighted by atomic mass is 32.2. The highest BCUT2D eigenvalue weighted by molar-refractivity contribution is 7.89. The van der Waals surface area contributed by atoms with Crippen molar-refractivity contribution in [2.75, 3.05) is 6.54 Å². The molecule has 0 radical (unpaired) electrons. The number of carboxylic acids is 1. The predicted octanol–water partition coefficient (Wildman–Crippen LogP) is 1.48. The van der Waals surface area contributed by atoms with Crippen LogP contribution in [0.4, 0.5) is 0 Å². The molecule has 0 atom stereocenters. The lowest BCUT2D eigenvalue weighted by molar-refractivity contribution is 0.0693. The van der Waals surface area contributed by atoms with Crippen molar-refractivity contribution in [1.29, 1.82) is 0 Å². The van der Waals surface area contributed by atoms with Crippen LogP contribution < -0.4 is 4.72 Å². The van der Waals surface area contributed by atoms with Crippen molar-refractivity contribution < 1.29 is 23.4 Å². The Bertz CT molecular complexity index is 673. The zero-order chi connectivity index (χ0) is 16.0. The summed E-state index contributed by atoms with van der Waals surface area (Å²) in [5.41, 5.74) is -0.179. The van der Waals surface area contributed by atoms with Crippen LogP contribution in [0.1, 0.15) is 35.2 Å². The van der Waals surface area contributed by atoms with Crippen molar-refractivity contribution in [3.63, 3.8) is 0 Å². The number of aryl methyl sites for hydroxylation is 1. The Morgan fingerprint density at radius 2 is 2.05 bits per heavy atom. The van der Waals surface area contributed by atoms with E-state index in [1.807, 2.05) is 0 Å². The zero-order valence-corrected chi connectivity index (χ0v) is 12.4. The summed E-state index contributed by atoms with van der Waals surface area (Å²) in [4.78, 5) is 10.8. The molecule has 0 fully saturated rings. The van der Waals surface area contributed by atoms with Gasteiger partial charge in [0.15, 0.2) is 0 Å². The van der Waals surface area contributed by atoms with E-state index in [0.29, 0.717) is 19.3 Å². The molecule has 0 amide bonds. The summed E-state index contributed by atoms with van der Waals surface area (Å²) in [6.45, 7) is 1.70. The van der Waals surface area contributed by atoms with Crippen LogP contribution in [0.2, 0.25) is 0 Å². The number of unbranched alkanes of at least 4 members (excludes halogenated alkanes) is 2. The van der Waals surface area contributed by atoms with Crippen LogP contribution in [-0.4, -0.2) is 31.1 Å². The number of nitrogens with one attached hydrogen (secondary N) is 1. The number of aromatic hydroxyl groups is 1. The second kappa shape index (κ2) is 7.11. The molecular formula is C14H17NO5S. The van der Waals surface area contributed by atoms with Gasteiger partial charge in [-0.1, -0.05) is 0 Å². The summed E-state index contributed by atoms with van der Waals surface area (Å²) in [6.07, 6.45) is 6.96. The number of hydrogen-bond donors (Lipinski definition) is 3. The molecule has 21 heavy (non-hydrogen) atoms. The Morgan fingerprint density at radius 3 is 2.62 bits per heavy atom. The van der Waals surface area contributed by atoms with Crippen molar-refractivity contribution in [2.45, 2.75) is 31.1 Å². The van der Waals surface area contributed by atoms with E-state index in [4.69, 9.17) is 11.5 Å². The average Bonchev–Trinajstić information content (AvgIpc) is 2.37. The van der Waals surface area contributed by atoms with E-state index in [-0.39, 0.29) is 17.0 Å². The first kappa shape index (κ1) is 17.0. The third-order valence-corrected chi connectivity index (χ3v) is 4.46. The SMILES string of the molecule is C#CCCCCNS(=O)(=O)c1cc(C(=O)O)c(O)cc1C. The molecule has 114 valence electrons. The Balaban J connectivity index is 2.95. The second-order valence-electron chi connectivity index (χ2n) is 4.50. The summed E-state index contributed by atoms with van der Waals surface area (Å²) in [5.74, 6) is 0.606. The normalized spacial score (nSPS) is 11.0. The van der Waals surface area contributed by atoms with Crippen LogP contribution in [0.5, 0.6) is 5.75 Å². The molecule has 0 unspecified atom stereocenters. The molecule has 0 saturated heterocycles. The topological polar surface area (TPSA) is 104 Å². The smallest absolute Gasteiger partial charge is 0.339 e. The van der Waals surface area contributed by atoms with Crippen LogP contribution in [0.25, 0.3) is 0 Å². The van der Waals surface area contributed by atoms with Gasteiger partial charge in [0.2, 0.25) is 10.0 Å². The quantitative estimate of drug-likeness (QED) is 0.523. The van der Waals surface area contributed by atoms with Crippen molar-refractivity contribution >= 4 is 16.0 Å². The number of sulfonamides is 1. The Hall–Kier alpha value is -2.04. The Kier molecular flexibility index (Phi) is 5.76. The van der Waals surface area contributed by atoms with Gasteiger partial charge in [0, 0.05) is 13.0 Å². The Labute approximate surface area is 123 Å². The summed E-state index contributed by atoms with van der Waals surface area (Å²) < 4.78 is 26.7. The van der Waals surface area contributed by atoms with Crippen molar-refractivity contribution in [3.8, 4) is 18.1 Å². The molecule has 0 aliphatic carbocycles. The first-order valence-electron chi connectivity index (χ1n) is 6.29. The number of carboxylic acid groups (broad SMARTS) is 1. The fourth-order valence-electron chi connectivity index (χ4n) is 1.77. The minimum Gasteiger partial charge on any atom is -0.507 e. The van der Waals surface area contributed by atoms with Gasteiger partial charge >= 0.3 is 5.97 Å². The number of phenols is 1. The molecule has 0 aliphatic rings. The van der Waals surface area contributed by atoms with Gasteiger partial charge in [-0.25, -0.2) is 17.9 Å². The molecule has 0 aliphatic heterocycles. The fourth-order valence-corrected chi connectivity index (χ4v) is 3.09. The monoisotopic (exact) mass is 311 g/mol. The first-order valence-corrected chi connectivity index (χ1v) is 7.78. The zero-order valence-electron chi connectivity index (χ0n) is 11.6. The van der Waals surface area contributed by atoms with Gasteiger partial charge in [0.05, 0.1) is 4.90 Å². The van der Waals surface area contributed by atoms with Crippen molar-refractivity contribution in [2.24, 2.45) is 0 Å². The first-order chi connectivity index (χ1) is 9.79. The second-order valence-corrected chi connectivity index (χ2v) is 6.23. The third-order valence-electron chi connectivity index (χ3n) is 2.85. The minimum atomic E-state index is -3.83. The van der Waals surface area contributed by atoms with Gasteiger partial charge in [-0.15, -0.1) is 12.3 Å². The molecule has 0 bridgehead atoms. The molecule has 6 nitrogen and oxygen atoms in total. The number of aromatic carboxylic acids is 1. The highest BCUT2D eigenvalue weighted by Gasteiger charge is 2.21. The summed E-state index contributed by atoms with van der Waals surface area (Å²) in [7, 11) is -3.83. The molecule has 7 heteroatoms. The van der Waals surface area contributed by atoms with E-state index in [1.54, 1.807) is 0 Å². The van der Waals surface area contributed by atoms with Crippen LogP contribution in [0.3, 0.4) is 0 Å². The summed E-state index contributed by atoms with van der Waals surface area (Å²) in [5, 5.41) is 18.4. The maximum absolute atomic E-state index is 12.1. The predicted molar refractivity (Wildman–Crippen MR) is 77.7 cm³/mol. The van der Waals surface area contributed by atoms with E-state index < -0.39 is 27.3 Å². The van der Waals surface area contributed by atoms with Crippen molar-refractivity contribution in [1.82, 2.24) is 4.72 Å². The minimum absolute atomic E-state index is 0.158. The van der Waals surface area contributed by atoms with Gasteiger partial charge in [0.1, 0.15) is 11.3 Å². The molecule has 1 aromatic rings. The summed E-state index contributed by atoms with van der Waals surface area (Å²) in [6, 6.07) is 2.08. The van der Waals surface area contributed by atoms with E-state index in [0.717, 1.165) is 12.1 Å². The van der Waals surface area contributed by atoms with Crippen LogP contribution >= 0.6 is 0 Å². The Morgan fingerprint density at radius 1 is 1.38 bits per heavy atom.